The average Bonchev–Trinajstić information content (AvgIpc) is 3.38. The van der Waals surface area contributed by atoms with Crippen LogP contribution in [0.1, 0.15) is 32.8 Å². The van der Waals surface area contributed by atoms with Crippen LogP contribution in [0.2, 0.25) is 0 Å². The van der Waals surface area contributed by atoms with E-state index < -0.39 is 0 Å². The molecule has 1 aliphatic rings. The van der Waals surface area contributed by atoms with Crippen LogP contribution in [0.15, 0.2) is 65.7 Å². The van der Waals surface area contributed by atoms with Gasteiger partial charge in [0.25, 0.3) is 5.91 Å². The minimum Gasteiger partial charge on any atom is -0.491 e. The lowest BCUT2D eigenvalue weighted by molar-refractivity contribution is -0.122. The fourth-order valence-electron chi connectivity index (χ4n) is 3.70. The highest BCUT2D eigenvalue weighted by Gasteiger charge is 2.32. The zero-order valence-electron chi connectivity index (χ0n) is 20.1. The van der Waals surface area contributed by atoms with Crippen molar-refractivity contribution >= 4 is 40.3 Å². The van der Waals surface area contributed by atoms with E-state index in [1.165, 1.54) is 11.8 Å². The molecule has 3 aromatic rings. The van der Waals surface area contributed by atoms with Crippen LogP contribution in [-0.4, -0.2) is 50.8 Å². The molecular formula is C27H29N3O3S2. The van der Waals surface area contributed by atoms with Gasteiger partial charge in [0.1, 0.15) is 10.1 Å². The summed E-state index contributed by atoms with van der Waals surface area (Å²) in [6, 6.07) is 17.8. The first-order chi connectivity index (χ1) is 17.0. The number of para-hydroxylation sites is 1. The fourth-order valence-corrected chi connectivity index (χ4v) is 5.00. The molecule has 1 saturated heterocycles. The van der Waals surface area contributed by atoms with Crippen molar-refractivity contribution in [3.63, 3.8) is 0 Å². The summed E-state index contributed by atoms with van der Waals surface area (Å²) < 4.78 is 13.6. The Morgan fingerprint density at radius 2 is 1.86 bits per heavy atom. The zero-order chi connectivity index (χ0) is 24.8. The number of amides is 1. The fraction of sp³-hybridized carbons (Fsp3) is 0.296. The molecule has 0 radical (unpaired) electrons. The smallest absolute Gasteiger partial charge is 0.266 e. The summed E-state index contributed by atoms with van der Waals surface area (Å²) in [4.78, 5) is 15.4. The molecule has 6 nitrogen and oxygen atoms in total. The molecule has 0 N–H and O–H groups in total. The second kappa shape index (κ2) is 11.7. The summed E-state index contributed by atoms with van der Waals surface area (Å²) in [7, 11) is 0. The van der Waals surface area contributed by atoms with Crippen LogP contribution in [0.4, 0.5) is 0 Å². The van der Waals surface area contributed by atoms with E-state index in [9.17, 15) is 4.79 Å². The summed E-state index contributed by atoms with van der Waals surface area (Å²) in [6.07, 6.45) is 4.69. The van der Waals surface area contributed by atoms with Crippen LogP contribution in [-0.2, 0) is 9.53 Å². The van der Waals surface area contributed by atoms with E-state index in [4.69, 9.17) is 26.8 Å². The molecule has 1 fully saturated rings. The maximum absolute atomic E-state index is 13.1. The van der Waals surface area contributed by atoms with Gasteiger partial charge in [-0.05, 0) is 69.7 Å². The quantitative estimate of drug-likeness (QED) is 0.192. The summed E-state index contributed by atoms with van der Waals surface area (Å²) in [6.45, 7) is 7.78. The first-order valence-electron chi connectivity index (χ1n) is 11.7. The standard InChI is InChI=1S/C27H29N3O3S2/c1-4-32-16-8-15-29-26(31)24(35-27(29)34)17-21-18-30(22-9-6-5-7-10-22)28-25(21)20-11-13-23(14-12-20)33-19(2)3/h5-7,9-14,17-19H,4,8,15-16H2,1-3H3/b24-17-. The largest absolute Gasteiger partial charge is 0.491 e. The molecule has 0 spiro atoms. The van der Waals surface area contributed by atoms with E-state index in [1.807, 2.05) is 92.3 Å². The number of rotatable bonds is 10. The van der Waals surface area contributed by atoms with Crippen LogP contribution in [0.5, 0.6) is 5.75 Å². The molecular weight excluding hydrogens is 478 g/mol. The lowest BCUT2D eigenvalue weighted by Gasteiger charge is -2.13. The van der Waals surface area contributed by atoms with Crippen molar-refractivity contribution in [2.24, 2.45) is 0 Å². The minimum atomic E-state index is -0.0735. The number of benzene rings is 2. The van der Waals surface area contributed by atoms with Crippen LogP contribution in [0.25, 0.3) is 23.0 Å². The Bertz CT molecular complexity index is 1200. The van der Waals surface area contributed by atoms with E-state index in [2.05, 4.69) is 0 Å². The topological polar surface area (TPSA) is 56.6 Å². The van der Waals surface area contributed by atoms with Crippen molar-refractivity contribution < 1.29 is 14.3 Å². The lowest BCUT2D eigenvalue weighted by atomic mass is 10.1. The number of carbonyl (C=O) groups is 1. The Hall–Kier alpha value is -2.94. The molecule has 182 valence electrons. The molecule has 0 unspecified atom stereocenters. The number of nitrogens with zero attached hydrogens (tertiary/aromatic N) is 3. The Balaban J connectivity index is 1.66. The van der Waals surface area contributed by atoms with Crippen molar-refractivity contribution in [1.82, 2.24) is 14.7 Å². The van der Waals surface area contributed by atoms with Gasteiger partial charge in [-0.1, -0.05) is 42.2 Å². The molecule has 4 rings (SSSR count). The van der Waals surface area contributed by atoms with Crippen molar-refractivity contribution in [3.05, 3.63) is 71.3 Å². The number of aromatic nitrogens is 2. The third-order valence-corrected chi connectivity index (χ3v) is 6.68. The van der Waals surface area contributed by atoms with Crippen molar-refractivity contribution in [3.8, 4) is 22.7 Å². The second-order valence-corrected chi connectivity index (χ2v) is 9.96. The van der Waals surface area contributed by atoms with Gasteiger partial charge in [-0.2, -0.15) is 5.10 Å². The number of ether oxygens (including phenoxy) is 2. The Morgan fingerprint density at radius 1 is 1.11 bits per heavy atom. The highest BCUT2D eigenvalue weighted by Crippen LogP contribution is 2.35. The minimum absolute atomic E-state index is 0.0735. The van der Waals surface area contributed by atoms with E-state index in [1.54, 1.807) is 4.90 Å². The highest BCUT2D eigenvalue weighted by molar-refractivity contribution is 8.26. The van der Waals surface area contributed by atoms with Gasteiger partial charge in [-0.25, -0.2) is 4.68 Å². The van der Waals surface area contributed by atoms with Gasteiger partial charge in [0.05, 0.1) is 22.4 Å². The van der Waals surface area contributed by atoms with Crippen LogP contribution >= 0.6 is 24.0 Å². The third-order valence-electron chi connectivity index (χ3n) is 5.30. The number of hydrogen-bond acceptors (Lipinski definition) is 6. The average molecular weight is 508 g/mol. The highest BCUT2D eigenvalue weighted by atomic mass is 32.2. The Morgan fingerprint density at radius 3 is 2.54 bits per heavy atom. The van der Waals surface area contributed by atoms with E-state index in [-0.39, 0.29) is 12.0 Å². The molecule has 35 heavy (non-hydrogen) atoms. The van der Waals surface area contributed by atoms with Crippen molar-refractivity contribution in [2.45, 2.75) is 33.3 Å². The molecule has 0 atom stereocenters. The van der Waals surface area contributed by atoms with Gasteiger partial charge >= 0.3 is 0 Å². The number of thiocarbonyl (C=S) groups is 1. The summed E-state index contributed by atoms with van der Waals surface area (Å²) >= 11 is 6.83. The SMILES string of the molecule is CCOCCCN1C(=O)/C(=C/c2cn(-c3ccccc3)nc2-c2ccc(OC(C)C)cc2)SC1=S. The first-order valence-corrected chi connectivity index (χ1v) is 12.9. The molecule has 1 aromatic heterocycles. The van der Waals surface area contributed by atoms with Gasteiger partial charge in [-0.3, -0.25) is 9.69 Å². The van der Waals surface area contributed by atoms with Crippen LogP contribution in [0.3, 0.4) is 0 Å². The molecule has 2 heterocycles. The number of carbonyl (C=O) groups excluding carboxylic acids is 1. The van der Waals surface area contributed by atoms with Crippen molar-refractivity contribution in [1.29, 1.82) is 0 Å². The van der Waals surface area contributed by atoms with Gasteiger partial charge in [0.15, 0.2) is 0 Å². The first kappa shape index (κ1) is 25.2. The monoisotopic (exact) mass is 507 g/mol. The zero-order valence-corrected chi connectivity index (χ0v) is 21.8. The van der Waals surface area contributed by atoms with Crippen LogP contribution < -0.4 is 4.74 Å². The Kier molecular flexibility index (Phi) is 8.38. The third kappa shape index (κ3) is 6.20. The number of hydrogen-bond donors (Lipinski definition) is 0. The molecule has 1 amide bonds. The Labute approximate surface area is 215 Å². The summed E-state index contributed by atoms with van der Waals surface area (Å²) in [5.74, 6) is 0.733. The lowest BCUT2D eigenvalue weighted by Crippen LogP contribution is -2.29. The van der Waals surface area contributed by atoms with E-state index >= 15 is 0 Å². The molecule has 0 bridgehead atoms. The molecule has 0 aliphatic carbocycles. The predicted octanol–water partition coefficient (Wildman–Crippen LogP) is 5.95. The van der Waals surface area contributed by atoms with Gasteiger partial charge in [-0.15, -0.1) is 0 Å². The van der Waals surface area contributed by atoms with Crippen molar-refractivity contribution in [2.75, 3.05) is 19.8 Å². The molecule has 8 heteroatoms. The number of thioether (sulfide) groups is 1. The van der Waals surface area contributed by atoms with Crippen LogP contribution in [0, 0.1) is 0 Å². The normalized spacial score (nSPS) is 15.0. The second-order valence-electron chi connectivity index (χ2n) is 8.29. The molecule has 1 aliphatic heterocycles. The van der Waals surface area contributed by atoms with E-state index in [0.717, 1.165) is 34.7 Å². The molecule has 2 aromatic carbocycles. The summed E-state index contributed by atoms with van der Waals surface area (Å²) in [5, 5.41) is 4.86. The molecule has 0 saturated carbocycles. The maximum Gasteiger partial charge on any atom is 0.266 e. The van der Waals surface area contributed by atoms with E-state index in [0.29, 0.717) is 29.0 Å². The summed E-state index contributed by atoms with van der Waals surface area (Å²) in [5.41, 5.74) is 3.51. The maximum atomic E-state index is 13.1. The van der Waals surface area contributed by atoms with Gasteiger partial charge in [0.2, 0.25) is 0 Å². The van der Waals surface area contributed by atoms with Gasteiger partial charge < -0.3 is 9.47 Å². The van der Waals surface area contributed by atoms with Gasteiger partial charge in [0, 0.05) is 37.1 Å². The predicted molar refractivity (Wildman–Crippen MR) is 146 cm³/mol.